The third kappa shape index (κ3) is 3.57. The number of pyridine rings is 1. The highest BCUT2D eigenvalue weighted by Gasteiger charge is 2.32. The Labute approximate surface area is 157 Å². The van der Waals surface area contributed by atoms with Gasteiger partial charge in [-0.05, 0) is 36.4 Å². The van der Waals surface area contributed by atoms with Crippen molar-refractivity contribution in [3.05, 3.63) is 78.1 Å². The summed E-state index contributed by atoms with van der Waals surface area (Å²) in [7, 11) is 0. The van der Waals surface area contributed by atoms with Crippen LogP contribution in [0.5, 0.6) is 0 Å². The maximum Gasteiger partial charge on any atom is 0.433 e. The first-order valence-electron chi connectivity index (χ1n) is 8.30. The molecule has 0 saturated carbocycles. The van der Waals surface area contributed by atoms with Gasteiger partial charge in [-0.3, -0.25) is 9.78 Å². The number of benzene rings is 2. The molecule has 4 aromatic rings. The highest BCUT2D eigenvalue weighted by molar-refractivity contribution is 6.04. The van der Waals surface area contributed by atoms with Gasteiger partial charge in [0.25, 0.3) is 5.91 Å². The van der Waals surface area contributed by atoms with Gasteiger partial charge in [0.05, 0.1) is 16.6 Å². The highest BCUT2D eigenvalue weighted by Crippen LogP contribution is 2.27. The Morgan fingerprint density at radius 1 is 1.00 bits per heavy atom. The summed E-state index contributed by atoms with van der Waals surface area (Å²) in [6, 6.07) is 16.5. The van der Waals surface area contributed by atoms with Crippen molar-refractivity contribution in [3.8, 4) is 11.4 Å². The molecule has 8 heteroatoms. The Balaban J connectivity index is 1.55. The minimum Gasteiger partial charge on any atom is -0.338 e. The molecule has 0 fully saturated rings. The van der Waals surface area contributed by atoms with Crippen molar-refractivity contribution in [1.29, 1.82) is 0 Å². The summed E-state index contributed by atoms with van der Waals surface area (Å²) in [6.07, 6.45) is -3.64. The molecule has 2 aromatic carbocycles. The second kappa shape index (κ2) is 6.80. The summed E-state index contributed by atoms with van der Waals surface area (Å²) in [5.41, 5.74) is 1.95. The van der Waals surface area contributed by atoms with Gasteiger partial charge in [0, 0.05) is 17.4 Å². The van der Waals surface area contributed by atoms with Gasteiger partial charge in [0.15, 0.2) is 0 Å². The molecule has 0 bridgehead atoms. The molecular formula is C20H13F3N4O. The van der Waals surface area contributed by atoms with E-state index < -0.39 is 17.8 Å². The van der Waals surface area contributed by atoms with Gasteiger partial charge < -0.3 is 10.3 Å². The predicted octanol–water partition coefficient (Wildman–Crippen LogP) is 4.90. The number of hydrogen-bond donors (Lipinski definition) is 2. The van der Waals surface area contributed by atoms with Crippen molar-refractivity contribution in [3.63, 3.8) is 0 Å². The van der Waals surface area contributed by atoms with E-state index in [2.05, 4.69) is 20.3 Å². The first-order valence-corrected chi connectivity index (χ1v) is 8.30. The number of rotatable bonds is 3. The van der Waals surface area contributed by atoms with E-state index in [0.717, 1.165) is 34.9 Å². The summed E-state index contributed by atoms with van der Waals surface area (Å²) in [5.74, 6) is 0.0940. The summed E-state index contributed by atoms with van der Waals surface area (Å²) in [4.78, 5) is 23.3. The molecular weight excluding hydrogens is 369 g/mol. The number of nitrogens with one attached hydrogen (secondary N) is 2. The molecule has 0 atom stereocenters. The Hall–Kier alpha value is -3.68. The fourth-order valence-corrected chi connectivity index (χ4v) is 2.73. The van der Waals surface area contributed by atoms with E-state index in [1.807, 2.05) is 30.3 Å². The van der Waals surface area contributed by atoms with E-state index in [4.69, 9.17) is 0 Å². The second-order valence-corrected chi connectivity index (χ2v) is 6.07. The smallest absolute Gasteiger partial charge is 0.338 e. The van der Waals surface area contributed by atoms with Crippen LogP contribution < -0.4 is 5.32 Å². The first kappa shape index (κ1) is 17.7. The number of H-pyrrole nitrogens is 1. The maximum atomic E-state index is 12.6. The largest absolute Gasteiger partial charge is 0.433 e. The summed E-state index contributed by atoms with van der Waals surface area (Å²) in [6.45, 7) is 0. The van der Waals surface area contributed by atoms with Crippen LogP contribution in [0, 0.1) is 0 Å². The van der Waals surface area contributed by atoms with Gasteiger partial charge >= 0.3 is 6.18 Å². The SMILES string of the molecule is O=C(Nc1cccc(-c2nc3ccccc3[nH]2)c1)c1ccc(C(F)(F)F)nc1. The molecule has 2 N–H and O–H groups in total. The predicted molar refractivity (Wildman–Crippen MR) is 98.7 cm³/mol. The van der Waals surface area contributed by atoms with Crippen LogP contribution in [0.3, 0.4) is 0 Å². The van der Waals surface area contributed by atoms with Gasteiger partial charge in [-0.25, -0.2) is 4.98 Å². The lowest BCUT2D eigenvalue weighted by Gasteiger charge is -2.08. The Bertz CT molecular complexity index is 1120. The molecule has 0 unspecified atom stereocenters. The zero-order chi connectivity index (χ0) is 19.7. The number of imidazole rings is 1. The highest BCUT2D eigenvalue weighted by atomic mass is 19.4. The van der Waals surface area contributed by atoms with Crippen molar-refractivity contribution in [2.45, 2.75) is 6.18 Å². The summed E-state index contributed by atoms with van der Waals surface area (Å²) < 4.78 is 37.7. The lowest BCUT2D eigenvalue weighted by atomic mass is 10.1. The van der Waals surface area contributed by atoms with Crippen molar-refractivity contribution < 1.29 is 18.0 Å². The van der Waals surface area contributed by atoms with Crippen LogP contribution in [0.15, 0.2) is 66.9 Å². The molecule has 0 spiro atoms. The molecule has 2 heterocycles. The van der Waals surface area contributed by atoms with E-state index in [1.165, 1.54) is 0 Å². The fraction of sp³-hybridized carbons (Fsp3) is 0.0500. The van der Waals surface area contributed by atoms with Crippen LogP contribution >= 0.6 is 0 Å². The van der Waals surface area contributed by atoms with Gasteiger partial charge in [-0.1, -0.05) is 24.3 Å². The molecule has 0 aliphatic heterocycles. The minimum absolute atomic E-state index is 0.0298. The van der Waals surface area contributed by atoms with Crippen LogP contribution in [-0.4, -0.2) is 20.9 Å². The molecule has 0 radical (unpaired) electrons. The second-order valence-electron chi connectivity index (χ2n) is 6.07. The molecule has 4 rings (SSSR count). The normalized spacial score (nSPS) is 11.5. The van der Waals surface area contributed by atoms with E-state index in [0.29, 0.717) is 11.5 Å². The van der Waals surface area contributed by atoms with Crippen LogP contribution in [0.1, 0.15) is 16.1 Å². The van der Waals surface area contributed by atoms with Gasteiger partial charge in [0.1, 0.15) is 11.5 Å². The standard InChI is InChI=1S/C20H13F3N4O/c21-20(22,23)17-9-8-13(11-24-17)19(28)25-14-5-3-4-12(10-14)18-26-15-6-1-2-7-16(15)27-18/h1-11H,(H,25,28)(H,26,27). The number of amides is 1. The number of aromatic amines is 1. The Morgan fingerprint density at radius 3 is 2.54 bits per heavy atom. The van der Waals surface area contributed by atoms with E-state index in [9.17, 15) is 18.0 Å². The number of nitrogens with zero attached hydrogens (tertiary/aromatic N) is 2. The molecule has 0 saturated heterocycles. The Morgan fingerprint density at radius 2 is 1.82 bits per heavy atom. The van der Waals surface area contributed by atoms with E-state index in [-0.39, 0.29) is 5.56 Å². The maximum absolute atomic E-state index is 12.6. The number of alkyl halides is 3. The van der Waals surface area contributed by atoms with Gasteiger partial charge in [0.2, 0.25) is 0 Å². The third-order valence-corrected chi connectivity index (χ3v) is 4.10. The first-order chi connectivity index (χ1) is 13.4. The Kier molecular flexibility index (Phi) is 4.31. The fourth-order valence-electron chi connectivity index (χ4n) is 2.73. The van der Waals surface area contributed by atoms with Crippen LogP contribution in [-0.2, 0) is 6.18 Å². The molecule has 2 aromatic heterocycles. The van der Waals surface area contributed by atoms with Crippen LogP contribution in [0.4, 0.5) is 18.9 Å². The molecule has 0 aliphatic rings. The lowest BCUT2D eigenvalue weighted by molar-refractivity contribution is -0.141. The number of carbonyl (C=O) groups excluding carboxylic acids is 1. The average molecular weight is 382 g/mol. The lowest BCUT2D eigenvalue weighted by Crippen LogP contribution is -2.14. The number of carbonyl (C=O) groups is 1. The monoisotopic (exact) mass is 382 g/mol. The van der Waals surface area contributed by atoms with Gasteiger partial charge in [-0.15, -0.1) is 0 Å². The number of aromatic nitrogens is 3. The van der Waals surface area contributed by atoms with E-state index in [1.54, 1.807) is 18.2 Å². The number of anilines is 1. The molecule has 0 aliphatic carbocycles. The zero-order valence-electron chi connectivity index (χ0n) is 14.3. The molecule has 28 heavy (non-hydrogen) atoms. The molecule has 140 valence electrons. The molecule has 1 amide bonds. The number of halogens is 3. The van der Waals surface area contributed by atoms with Gasteiger partial charge in [-0.2, -0.15) is 13.2 Å². The van der Waals surface area contributed by atoms with Crippen molar-refractivity contribution in [1.82, 2.24) is 15.0 Å². The third-order valence-electron chi connectivity index (χ3n) is 4.10. The van der Waals surface area contributed by atoms with Crippen LogP contribution in [0.2, 0.25) is 0 Å². The van der Waals surface area contributed by atoms with Crippen molar-refractivity contribution >= 4 is 22.6 Å². The number of fused-ring (bicyclic) bond motifs is 1. The topological polar surface area (TPSA) is 70.7 Å². The molecule has 5 nitrogen and oxygen atoms in total. The van der Waals surface area contributed by atoms with E-state index >= 15 is 0 Å². The summed E-state index contributed by atoms with van der Waals surface area (Å²) >= 11 is 0. The number of para-hydroxylation sites is 2. The number of hydrogen-bond acceptors (Lipinski definition) is 3. The average Bonchev–Trinajstić information content (AvgIpc) is 3.12. The van der Waals surface area contributed by atoms with Crippen molar-refractivity contribution in [2.75, 3.05) is 5.32 Å². The zero-order valence-corrected chi connectivity index (χ0v) is 14.3. The van der Waals surface area contributed by atoms with Crippen LogP contribution in [0.25, 0.3) is 22.4 Å². The van der Waals surface area contributed by atoms with Crippen molar-refractivity contribution in [2.24, 2.45) is 0 Å². The quantitative estimate of drug-likeness (QED) is 0.530. The summed E-state index contributed by atoms with van der Waals surface area (Å²) in [5, 5.41) is 2.66. The minimum atomic E-state index is -4.55.